The van der Waals surface area contributed by atoms with Crippen LogP contribution in [0.2, 0.25) is 10.0 Å². The van der Waals surface area contributed by atoms with Gasteiger partial charge in [0.1, 0.15) is 5.75 Å². The molecule has 0 unspecified atom stereocenters. The fraction of sp³-hybridized carbons (Fsp3) is 0.125. The van der Waals surface area contributed by atoms with Gasteiger partial charge < -0.3 is 10.1 Å². The number of amides is 2. The Hall–Kier alpha value is -2.02. The molecule has 2 aromatic carbocycles. The van der Waals surface area contributed by atoms with E-state index in [0.717, 1.165) is 15.8 Å². The van der Waals surface area contributed by atoms with Crippen LogP contribution in [-0.2, 0) is 0 Å². The first-order chi connectivity index (χ1) is 11.5. The van der Waals surface area contributed by atoms with E-state index in [1.165, 1.54) is 18.4 Å². The van der Waals surface area contributed by atoms with Crippen LogP contribution in [0.3, 0.4) is 0 Å². The summed E-state index contributed by atoms with van der Waals surface area (Å²) in [7, 11) is 1.52. The first kappa shape index (κ1) is 16.8. The van der Waals surface area contributed by atoms with Crippen molar-refractivity contribution < 1.29 is 9.53 Å². The molecule has 5 nitrogen and oxygen atoms in total. The predicted molar refractivity (Wildman–Crippen MR) is 100 cm³/mol. The highest BCUT2D eigenvalue weighted by Gasteiger charge is 2.13. The normalized spacial score (nSPS) is 10.7. The van der Waals surface area contributed by atoms with Crippen molar-refractivity contribution in [1.29, 1.82) is 0 Å². The molecule has 0 atom stereocenters. The summed E-state index contributed by atoms with van der Waals surface area (Å²) in [6.07, 6.45) is 0. The van der Waals surface area contributed by atoms with Gasteiger partial charge in [-0.05, 0) is 42.8 Å². The summed E-state index contributed by atoms with van der Waals surface area (Å²) >= 11 is 13.4. The molecule has 2 N–H and O–H groups in total. The number of nitrogens with zero attached hydrogens (tertiary/aromatic N) is 1. The molecule has 0 aliphatic rings. The number of nitrogens with one attached hydrogen (secondary N) is 2. The van der Waals surface area contributed by atoms with Gasteiger partial charge in [0, 0.05) is 10.0 Å². The molecule has 0 fully saturated rings. The van der Waals surface area contributed by atoms with Crippen molar-refractivity contribution in [2.45, 2.75) is 6.92 Å². The van der Waals surface area contributed by atoms with Crippen molar-refractivity contribution in [2.24, 2.45) is 0 Å². The molecule has 0 saturated carbocycles. The summed E-state index contributed by atoms with van der Waals surface area (Å²) in [5.41, 5.74) is 2.14. The number of hydrogen-bond donors (Lipinski definition) is 2. The lowest BCUT2D eigenvalue weighted by Gasteiger charge is -2.10. The lowest BCUT2D eigenvalue weighted by molar-refractivity contribution is 0.262. The minimum Gasteiger partial charge on any atom is -0.495 e. The SMILES string of the molecule is COc1ccc(Cl)cc1NC(=O)Nc1nc2c(C)c(Cl)ccc2s1. The molecule has 124 valence electrons. The van der Waals surface area contributed by atoms with E-state index in [9.17, 15) is 4.79 Å². The molecular formula is C16H13Cl2N3O2S. The number of ether oxygens (including phenoxy) is 1. The first-order valence-corrected chi connectivity index (χ1v) is 8.52. The Morgan fingerprint density at radius 3 is 2.75 bits per heavy atom. The fourth-order valence-corrected chi connectivity index (χ4v) is 3.43. The number of methoxy groups -OCH3 is 1. The molecular weight excluding hydrogens is 369 g/mol. The van der Waals surface area contributed by atoms with Crippen LogP contribution in [0.5, 0.6) is 5.75 Å². The van der Waals surface area contributed by atoms with E-state index in [-0.39, 0.29) is 0 Å². The van der Waals surface area contributed by atoms with Crippen LogP contribution in [0.25, 0.3) is 10.2 Å². The van der Waals surface area contributed by atoms with Crippen LogP contribution in [0.1, 0.15) is 5.56 Å². The molecule has 24 heavy (non-hydrogen) atoms. The van der Waals surface area contributed by atoms with E-state index < -0.39 is 6.03 Å². The van der Waals surface area contributed by atoms with Crippen LogP contribution in [-0.4, -0.2) is 18.1 Å². The average Bonchev–Trinajstić information content (AvgIpc) is 2.94. The molecule has 3 aromatic rings. The van der Waals surface area contributed by atoms with E-state index in [2.05, 4.69) is 15.6 Å². The van der Waals surface area contributed by atoms with Gasteiger partial charge in [0.05, 0.1) is 23.0 Å². The molecule has 0 aliphatic heterocycles. The quantitative estimate of drug-likeness (QED) is 0.623. The predicted octanol–water partition coefficient (Wildman–Crippen LogP) is 5.56. The second kappa shape index (κ2) is 6.84. The summed E-state index contributed by atoms with van der Waals surface area (Å²) in [6, 6.07) is 8.24. The van der Waals surface area contributed by atoms with E-state index in [4.69, 9.17) is 27.9 Å². The van der Waals surface area contributed by atoms with Crippen molar-refractivity contribution in [2.75, 3.05) is 17.7 Å². The van der Waals surface area contributed by atoms with Gasteiger partial charge in [-0.1, -0.05) is 34.5 Å². The number of thiazole rings is 1. The van der Waals surface area contributed by atoms with Gasteiger partial charge in [0.25, 0.3) is 0 Å². The number of rotatable bonds is 3. The van der Waals surface area contributed by atoms with Crippen LogP contribution >= 0.6 is 34.5 Å². The Morgan fingerprint density at radius 1 is 1.21 bits per heavy atom. The minimum absolute atomic E-state index is 0.432. The maximum absolute atomic E-state index is 12.2. The number of fused-ring (bicyclic) bond motifs is 1. The van der Waals surface area contributed by atoms with Gasteiger partial charge >= 0.3 is 6.03 Å². The summed E-state index contributed by atoms with van der Waals surface area (Å²) < 4.78 is 6.15. The number of urea groups is 1. The van der Waals surface area contributed by atoms with Gasteiger partial charge in [0.2, 0.25) is 0 Å². The lowest BCUT2D eigenvalue weighted by Crippen LogP contribution is -2.19. The number of aryl methyl sites for hydroxylation is 1. The average molecular weight is 382 g/mol. The number of carbonyl (C=O) groups excluding carboxylic acids is 1. The lowest BCUT2D eigenvalue weighted by atomic mass is 10.2. The molecule has 0 aliphatic carbocycles. The third kappa shape index (κ3) is 3.40. The number of hydrogen-bond acceptors (Lipinski definition) is 4. The molecule has 8 heteroatoms. The Morgan fingerprint density at radius 2 is 2.00 bits per heavy atom. The van der Waals surface area contributed by atoms with E-state index in [0.29, 0.717) is 26.6 Å². The van der Waals surface area contributed by atoms with Crippen molar-refractivity contribution >= 4 is 61.6 Å². The van der Waals surface area contributed by atoms with Crippen LogP contribution in [0.4, 0.5) is 15.6 Å². The van der Waals surface area contributed by atoms with E-state index in [1.54, 1.807) is 18.2 Å². The maximum Gasteiger partial charge on any atom is 0.325 e. The molecule has 2 amide bonds. The molecule has 0 saturated heterocycles. The monoisotopic (exact) mass is 381 g/mol. The molecule has 1 heterocycles. The highest BCUT2D eigenvalue weighted by atomic mass is 35.5. The summed E-state index contributed by atoms with van der Waals surface area (Å²) in [5, 5.41) is 7.04. The zero-order chi connectivity index (χ0) is 17.3. The van der Waals surface area contributed by atoms with Crippen LogP contribution in [0.15, 0.2) is 30.3 Å². The van der Waals surface area contributed by atoms with Crippen molar-refractivity contribution in [3.63, 3.8) is 0 Å². The van der Waals surface area contributed by atoms with Crippen molar-refractivity contribution in [3.05, 3.63) is 45.9 Å². The Balaban J connectivity index is 1.80. The number of carbonyl (C=O) groups is 1. The molecule has 1 aromatic heterocycles. The summed E-state index contributed by atoms with van der Waals surface area (Å²) in [5.74, 6) is 0.515. The topological polar surface area (TPSA) is 63.2 Å². The highest BCUT2D eigenvalue weighted by Crippen LogP contribution is 2.32. The standard InChI is InChI=1S/C16H13Cl2N3O2S/c1-8-10(18)4-6-13-14(8)20-16(24-13)21-15(22)19-11-7-9(17)3-5-12(11)23-2/h3-7H,1-2H3,(H2,19,20,21,22). The third-order valence-corrected chi connectivity index (χ3v) is 4.96. The second-order valence-electron chi connectivity index (χ2n) is 4.96. The zero-order valence-electron chi connectivity index (χ0n) is 12.8. The van der Waals surface area contributed by atoms with Gasteiger partial charge in [-0.2, -0.15) is 0 Å². The maximum atomic E-state index is 12.2. The van der Waals surface area contributed by atoms with Crippen LogP contribution < -0.4 is 15.4 Å². The third-order valence-electron chi connectivity index (χ3n) is 3.38. The fourth-order valence-electron chi connectivity index (χ4n) is 2.18. The zero-order valence-corrected chi connectivity index (χ0v) is 15.1. The number of halogens is 2. The molecule has 0 spiro atoms. The smallest absolute Gasteiger partial charge is 0.325 e. The van der Waals surface area contributed by atoms with Crippen molar-refractivity contribution in [1.82, 2.24) is 4.98 Å². The van der Waals surface area contributed by atoms with Gasteiger partial charge in [0.15, 0.2) is 5.13 Å². The summed E-state index contributed by atoms with van der Waals surface area (Å²) in [4.78, 5) is 16.6. The number of anilines is 2. The highest BCUT2D eigenvalue weighted by molar-refractivity contribution is 7.22. The van der Waals surface area contributed by atoms with Gasteiger partial charge in [-0.15, -0.1) is 0 Å². The summed E-state index contributed by atoms with van der Waals surface area (Å²) in [6.45, 7) is 1.89. The second-order valence-corrected chi connectivity index (χ2v) is 6.84. The van der Waals surface area contributed by atoms with Gasteiger partial charge in [-0.25, -0.2) is 9.78 Å². The van der Waals surface area contributed by atoms with E-state index in [1.807, 2.05) is 19.1 Å². The Kier molecular flexibility index (Phi) is 4.80. The number of aromatic nitrogens is 1. The molecule has 0 radical (unpaired) electrons. The Bertz CT molecular complexity index is 927. The minimum atomic E-state index is -0.432. The molecule has 3 rings (SSSR count). The molecule has 0 bridgehead atoms. The Labute approximate surface area is 152 Å². The van der Waals surface area contributed by atoms with Crippen LogP contribution in [0, 0.1) is 6.92 Å². The van der Waals surface area contributed by atoms with Crippen molar-refractivity contribution in [3.8, 4) is 5.75 Å². The number of benzene rings is 2. The van der Waals surface area contributed by atoms with Gasteiger partial charge in [-0.3, -0.25) is 5.32 Å². The first-order valence-electron chi connectivity index (χ1n) is 6.95. The largest absolute Gasteiger partial charge is 0.495 e. The van der Waals surface area contributed by atoms with E-state index >= 15 is 0 Å².